The number of amides is 3. The van der Waals surface area contributed by atoms with E-state index < -0.39 is 17.9 Å². The van der Waals surface area contributed by atoms with Gasteiger partial charge in [-0.2, -0.15) is 0 Å². The number of likely N-dealkylation sites (tertiary alicyclic amines) is 1. The summed E-state index contributed by atoms with van der Waals surface area (Å²) in [6.07, 6.45) is 0.420. The lowest BCUT2D eigenvalue weighted by Crippen LogP contribution is -2.48. The van der Waals surface area contributed by atoms with Crippen LogP contribution in [0.3, 0.4) is 0 Å². The minimum Gasteiger partial charge on any atom is -0.324 e. The third-order valence-corrected chi connectivity index (χ3v) is 8.52. The summed E-state index contributed by atoms with van der Waals surface area (Å²) < 4.78 is 0. The number of aryl methyl sites for hydroxylation is 2. The first-order chi connectivity index (χ1) is 17.8. The summed E-state index contributed by atoms with van der Waals surface area (Å²) in [7, 11) is 0. The number of para-hydroxylation sites is 1. The quantitative estimate of drug-likeness (QED) is 0.475. The second kappa shape index (κ2) is 8.69. The van der Waals surface area contributed by atoms with Crippen molar-refractivity contribution in [3.05, 3.63) is 100 Å². The lowest BCUT2D eigenvalue weighted by molar-refractivity contribution is -0.147. The molecule has 4 aliphatic rings. The number of nitrogens with zero attached hydrogens (tertiary/aromatic N) is 1. The molecule has 5 heteroatoms. The predicted molar refractivity (Wildman–Crippen MR) is 143 cm³/mol. The maximum absolute atomic E-state index is 14.2. The first-order valence-electron chi connectivity index (χ1n) is 13.2. The molecule has 37 heavy (non-hydrogen) atoms. The Balaban J connectivity index is 1.42. The number of rotatable bonds is 5. The molecule has 3 aromatic rings. The molecule has 1 aliphatic heterocycles. The Hall–Kier alpha value is -3.73. The number of benzene rings is 3. The molecule has 188 valence electrons. The largest absolute Gasteiger partial charge is 0.324 e. The number of hydrogen-bond donors (Lipinski definition) is 1. The van der Waals surface area contributed by atoms with Crippen molar-refractivity contribution in [1.82, 2.24) is 4.90 Å². The van der Waals surface area contributed by atoms with Crippen LogP contribution in [0.1, 0.15) is 65.5 Å². The summed E-state index contributed by atoms with van der Waals surface area (Å²) in [6.45, 7) is 7.94. The van der Waals surface area contributed by atoms with E-state index in [1.54, 1.807) is 0 Å². The first kappa shape index (κ1) is 23.7. The van der Waals surface area contributed by atoms with E-state index in [9.17, 15) is 14.4 Å². The van der Waals surface area contributed by atoms with Crippen LogP contribution in [0.5, 0.6) is 0 Å². The SMILES string of the molecule is Cc1cccc(C)c1NC(=O)[C@H](CC(C)C)N1C(=O)[C@H]2C3c4ccccc4C(c4ccccc43)[C@@H]2C1=O. The Labute approximate surface area is 217 Å². The number of carbonyl (C=O) groups excluding carboxylic acids is 3. The molecule has 3 aliphatic carbocycles. The molecule has 1 fully saturated rings. The van der Waals surface area contributed by atoms with E-state index in [1.165, 1.54) is 4.90 Å². The van der Waals surface area contributed by atoms with Crippen LogP contribution in [-0.2, 0) is 14.4 Å². The number of imide groups is 1. The summed E-state index contributed by atoms with van der Waals surface area (Å²) in [4.78, 5) is 43.5. The molecule has 1 N–H and O–H groups in total. The molecule has 3 atom stereocenters. The molecule has 1 heterocycles. The van der Waals surface area contributed by atoms with Gasteiger partial charge in [0.15, 0.2) is 0 Å². The third-order valence-electron chi connectivity index (χ3n) is 8.52. The molecule has 3 amide bonds. The zero-order valence-electron chi connectivity index (χ0n) is 21.7. The van der Waals surface area contributed by atoms with Gasteiger partial charge < -0.3 is 5.32 Å². The van der Waals surface area contributed by atoms with Gasteiger partial charge >= 0.3 is 0 Å². The van der Waals surface area contributed by atoms with Gasteiger partial charge in [-0.1, -0.05) is 80.6 Å². The first-order valence-corrected chi connectivity index (χ1v) is 13.2. The monoisotopic (exact) mass is 492 g/mol. The predicted octanol–water partition coefficient (Wildman–Crippen LogP) is 5.55. The maximum Gasteiger partial charge on any atom is 0.247 e. The number of nitrogens with one attached hydrogen (secondary N) is 1. The van der Waals surface area contributed by atoms with Gasteiger partial charge in [0.1, 0.15) is 6.04 Å². The minimum atomic E-state index is -0.852. The topological polar surface area (TPSA) is 66.5 Å². The highest BCUT2D eigenvalue weighted by atomic mass is 16.2. The summed E-state index contributed by atoms with van der Waals surface area (Å²) in [5, 5.41) is 3.07. The van der Waals surface area contributed by atoms with E-state index in [0.717, 1.165) is 39.1 Å². The van der Waals surface area contributed by atoms with Crippen LogP contribution in [0.25, 0.3) is 0 Å². The van der Waals surface area contributed by atoms with Gasteiger partial charge in [0.2, 0.25) is 17.7 Å². The maximum atomic E-state index is 14.2. The fraction of sp³-hybridized carbons (Fsp3) is 0.344. The Bertz CT molecular complexity index is 1310. The second-order valence-electron chi connectivity index (χ2n) is 11.2. The van der Waals surface area contributed by atoms with Gasteiger partial charge in [0.25, 0.3) is 0 Å². The van der Waals surface area contributed by atoms with Crippen molar-refractivity contribution in [3.63, 3.8) is 0 Å². The standard InChI is InChI=1S/C32H32N2O3/c1-17(2)16-24(30(35)33-29-18(3)10-9-11-19(29)4)34-31(36)27-25-20-12-5-6-13-21(20)26(28(27)32(34)37)23-15-8-7-14-22(23)25/h5-15,17,24-28H,16H2,1-4H3,(H,33,35)/t24-,25?,26?,27-,28-/m0/s1. The van der Waals surface area contributed by atoms with E-state index >= 15 is 0 Å². The third kappa shape index (κ3) is 3.47. The molecule has 5 nitrogen and oxygen atoms in total. The highest BCUT2D eigenvalue weighted by molar-refractivity contribution is 6.12. The summed E-state index contributed by atoms with van der Waals surface area (Å²) in [5.74, 6) is -1.91. The van der Waals surface area contributed by atoms with Crippen molar-refractivity contribution in [2.75, 3.05) is 5.32 Å². The molecular weight excluding hydrogens is 460 g/mol. The van der Waals surface area contributed by atoms with Gasteiger partial charge in [-0.15, -0.1) is 0 Å². The highest BCUT2D eigenvalue weighted by Crippen LogP contribution is 2.61. The molecule has 7 rings (SSSR count). The van der Waals surface area contributed by atoms with Crippen LogP contribution < -0.4 is 5.32 Å². The van der Waals surface area contributed by atoms with Crippen molar-refractivity contribution in [1.29, 1.82) is 0 Å². The van der Waals surface area contributed by atoms with Crippen molar-refractivity contribution in [2.45, 2.75) is 52.0 Å². The van der Waals surface area contributed by atoms with E-state index in [2.05, 4.69) is 29.6 Å². The number of hydrogen-bond acceptors (Lipinski definition) is 3. The summed E-state index contributed by atoms with van der Waals surface area (Å²) in [6, 6.07) is 21.4. The summed E-state index contributed by atoms with van der Waals surface area (Å²) in [5.41, 5.74) is 7.19. The normalized spacial score (nSPS) is 24.1. The van der Waals surface area contributed by atoms with Gasteiger partial charge in [-0.3, -0.25) is 19.3 Å². The molecule has 0 unspecified atom stereocenters. The Morgan fingerprint density at radius 3 is 1.59 bits per heavy atom. The lowest BCUT2D eigenvalue weighted by atomic mass is 9.55. The number of carbonyl (C=O) groups is 3. The lowest BCUT2D eigenvalue weighted by Gasteiger charge is -2.45. The number of anilines is 1. The van der Waals surface area contributed by atoms with Gasteiger partial charge in [0, 0.05) is 17.5 Å². The van der Waals surface area contributed by atoms with Crippen molar-refractivity contribution in [2.24, 2.45) is 17.8 Å². The fourth-order valence-electron chi connectivity index (χ4n) is 7.00. The van der Waals surface area contributed by atoms with Gasteiger partial charge in [-0.25, -0.2) is 0 Å². The second-order valence-corrected chi connectivity index (χ2v) is 11.2. The van der Waals surface area contributed by atoms with E-state index in [1.807, 2.05) is 70.2 Å². The van der Waals surface area contributed by atoms with Gasteiger partial charge in [0.05, 0.1) is 11.8 Å². The smallest absolute Gasteiger partial charge is 0.247 e. The van der Waals surface area contributed by atoms with Crippen molar-refractivity contribution >= 4 is 23.4 Å². The molecule has 3 aromatic carbocycles. The highest BCUT2D eigenvalue weighted by Gasteiger charge is 2.63. The molecule has 0 saturated carbocycles. The Kier molecular flexibility index (Phi) is 5.55. The molecule has 1 saturated heterocycles. The molecule has 2 bridgehead atoms. The summed E-state index contributed by atoms with van der Waals surface area (Å²) >= 11 is 0. The van der Waals surface area contributed by atoms with Crippen molar-refractivity contribution in [3.8, 4) is 0 Å². The van der Waals surface area contributed by atoms with Crippen LogP contribution in [0.2, 0.25) is 0 Å². The Morgan fingerprint density at radius 2 is 1.19 bits per heavy atom. The zero-order valence-corrected chi connectivity index (χ0v) is 21.7. The van der Waals surface area contributed by atoms with E-state index in [-0.39, 0.29) is 35.5 Å². The van der Waals surface area contributed by atoms with Crippen LogP contribution in [-0.4, -0.2) is 28.7 Å². The average molecular weight is 493 g/mol. The average Bonchev–Trinajstić information content (AvgIpc) is 3.15. The zero-order chi connectivity index (χ0) is 26.0. The Morgan fingerprint density at radius 1 is 0.757 bits per heavy atom. The fourth-order valence-corrected chi connectivity index (χ4v) is 7.00. The van der Waals surface area contributed by atoms with E-state index in [0.29, 0.717) is 6.42 Å². The van der Waals surface area contributed by atoms with E-state index in [4.69, 9.17) is 0 Å². The molecule has 0 aromatic heterocycles. The molecule has 0 radical (unpaired) electrons. The van der Waals surface area contributed by atoms with Crippen LogP contribution >= 0.6 is 0 Å². The minimum absolute atomic E-state index is 0.128. The molecule has 0 spiro atoms. The molecular formula is C32H32N2O3. The van der Waals surface area contributed by atoms with Crippen LogP contribution in [0.4, 0.5) is 5.69 Å². The van der Waals surface area contributed by atoms with Crippen LogP contribution in [0.15, 0.2) is 66.7 Å². The van der Waals surface area contributed by atoms with Crippen molar-refractivity contribution < 1.29 is 14.4 Å². The van der Waals surface area contributed by atoms with Crippen LogP contribution in [0, 0.1) is 31.6 Å². The van der Waals surface area contributed by atoms with Gasteiger partial charge in [-0.05, 0) is 59.6 Å².